The van der Waals surface area contributed by atoms with Gasteiger partial charge in [-0.25, -0.2) is 0 Å². The molecule has 1 saturated heterocycles. The third kappa shape index (κ3) is 4.23. The smallest absolute Gasteiger partial charge is 0.282 e. The normalized spacial score (nSPS) is 26.3. The highest BCUT2D eigenvalue weighted by Crippen LogP contribution is 2.23. The molecular weight excluding hydrogens is 276 g/mol. The molecule has 1 aromatic carbocycles. The molecule has 1 aromatic rings. The number of benzene rings is 1. The Kier molecular flexibility index (Phi) is 5.83. The number of anilines is 1. The lowest BCUT2D eigenvalue weighted by Gasteiger charge is -2.35. The van der Waals surface area contributed by atoms with Gasteiger partial charge in [0, 0.05) is 11.8 Å². The summed E-state index contributed by atoms with van der Waals surface area (Å²) in [6.45, 7) is 11.3. The predicted octanol–water partition coefficient (Wildman–Crippen LogP) is 1.97. The lowest BCUT2D eigenvalue weighted by Crippen LogP contribution is -3.18. The number of piperidine rings is 1. The number of rotatable bonds is 5. The largest absolute Gasteiger partial charge is 0.492 e. The van der Waals surface area contributed by atoms with Crippen LogP contribution < -0.4 is 15.0 Å². The van der Waals surface area contributed by atoms with Gasteiger partial charge in [0.2, 0.25) is 0 Å². The molecule has 0 spiro atoms. The van der Waals surface area contributed by atoms with Gasteiger partial charge in [-0.3, -0.25) is 4.79 Å². The van der Waals surface area contributed by atoms with Crippen molar-refractivity contribution in [2.75, 3.05) is 25.0 Å². The average molecular weight is 305 g/mol. The minimum Gasteiger partial charge on any atom is -0.492 e. The van der Waals surface area contributed by atoms with Crippen molar-refractivity contribution in [2.24, 2.45) is 11.8 Å². The maximum absolute atomic E-state index is 12.6. The average Bonchev–Trinajstić information content (AvgIpc) is 2.47. The van der Waals surface area contributed by atoms with E-state index >= 15 is 0 Å². The van der Waals surface area contributed by atoms with Crippen molar-refractivity contribution in [3.63, 3.8) is 0 Å². The minimum atomic E-state index is -0.0418. The molecule has 22 heavy (non-hydrogen) atoms. The Morgan fingerprint density at radius 3 is 2.59 bits per heavy atom. The molecular formula is C18H29N2O2+. The van der Waals surface area contributed by atoms with E-state index in [2.05, 4.69) is 19.2 Å². The van der Waals surface area contributed by atoms with Crippen LogP contribution in [0.1, 0.15) is 34.1 Å². The first-order valence-corrected chi connectivity index (χ1v) is 8.38. The fraction of sp³-hybridized carbons (Fsp3) is 0.611. The minimum absolute atomic E-state index is 0.0418. The summed E-state index contributed by atoms with van der Waals surface area (Å²) >= 11 is 0. The van der Waals surface area contributed by atoms with Crippen LogP contribution in [0.3, 0.4) is 0 Å². The predicted molar refractivity (Wildman–Crippen MR) is 89.3 cm³/mol. The van der Waals surface area contributed by atoms with Crippen molar-refractivity contribution >= 4 is 11.6 Å². The molecule has 1 fully saturated rings. The third-order valence-corrected chi connectivity index (χ3v) is 4.48. The zero-order chi connectivity index (χ0) is 16.1. The third-order valence-electron chi connectivity index (χ3n) is 4.48. The van der Waals surface area contributed by atoms with Crippen molar-refractivity contribution in [3.05, 3.63) is 24.3 Å². The molecule has 1 aliphatic rings. The van der Waals surface area contributed by atoms with Gasteiger partial charge in [0.05, 0.1) is 25.4 Å². The van der Waals surface area contributed by atoms with Crippen LogP contribution >= 0.6 is 0 Å². The van der Waals surface area contributed by atoms with Gasteiger partial charge in [0.1, 0.15) is 5.75 Å². The van der Waals surface area contributed by atoms with Crippen LogP contribution in [0, 0.1) is 11.8 Å². The quantitative estimate of drug-likeness (QED) is 0.873. The van der Waals surface area contributed by atoms with Crippen LogP contribution in [-0.2, 0) is 4.79 Å². The van der Waals surface area contributed by atoms with Crippen molar-refractivity contribution in [3.8, 4) is 5.75 Å². The van der Waals surface area contributed by atoms with Crippen molar-refractivity contribution in [1.29, 1.82) is 0 Å². The molecule has 2 rings (SSSR count). The summed E-state index contributed by atoms with van der Waals surface area (Å²) in [7, 11) is 0. The highest BCUT2D eigenvalue weighted by molar-refractivity contribution is 5.94. The monoisotopic (exact) mass is 305 g/mol. The molecule has 122 valence electrons. The number of hydrogen-bond donors (Lipinski definition) is 2. The Labute approximate surface area is 133 Å². The number of likely N-dealkylation sites (tertiary alicyclic amines) is 1. The van der Waals surface area contributed by atoms with E-state index in [9.17, 15) is 4.79 Å². The van der Waals surface area contributed by atoms with Crippen LogP contribution in [0.25, 0.3) is 0 Å². The van der Waals surface area contributed by atoms with Crippen LogP contribution in [0.15, 0.2) is 24.3 Å². The number of carbonyl (C=O) groups excluding carboxylic acids is 1. The van der Waals surface area contributed by atoms with Crippen LogP contribution in [0.4, 0.5) is 5.69 Å². The second kappa shape index (κ2) is 7.63. The molecule has 3 atom stereocenters. The standard InChI is InChI=1S/C18H28N2O2/c1-5-22-17-9-7-6-8-16(17)19-18(21)15(4)20-11-13(2)10-14(3)12-20/h6-9,13-15H,5,10-12H2,1-4H3,(H,19,21)/p+1/t13-,14-,15+/m0/s1. The van der Waals surface area contributed by atoms with E-state index in [1.54, 1.807) is 0 Å². The van der Waals surface area contributed by atoms with Crippen molar-refractivity contribution in [1.82, 2.24) is 0 Å². The molecule has 0 aromatic heterocycles. The topological polar surface area (TPSA) is 42.8 Å². The maximum Gasteiger partial charge on any atom is 0.282 e. The summed E-state index contributed by atoms with van der Waals surface area (Å²) in [5.74, 6) is 2.18. The Bertz CT molecular complexity index is 494. The van der Waals surface area contributed by atoms with E-state index < -0.39 is 0 Å². The summed E-state index contributed by atoms with van der Waals surface area (Å²) in [5, 5.41) is 3.04. The molecule has 0 saturated carbocycles. The summed E-state index contributed by atoms with van der Waals surface area (Å²) < 4.78 is 5.58. The molecule has 2 N–H and O–H groups in total. The number of quaternary nitrogens is 1. The van der Waals surface area contributed by atoms with Gasteiger partial charge in [-0.15, -0.1) is 0 Å². The van der Waals surface area contributed by atoms with E-state index in [1.165, 1.54) is 11.3 Å². The van der Waals surface area contributed by atoms with Crippen molar-refractivity contribution in [2.45, 2.75) is 40.2 Å². The Hall–Kier alpha value is -1.55. The van der Waals surface area contributed by atoms with Gasteiger partial charge >= 0.3 is 0 Å². The van der Waals surface area contributed by atoms with Gasteiger partial charge in [0.15, 0.2) is 6.04 Å². The summed E-state index contributed by atoms with van der Waals surface area (Å²) in [4.78, 5) is 14.0. The highest BCUT2D eigenvalue weighted by Gasteiger charge is 2.32. The zero-order valence-electron chi connectivity index (χ0n) is 14.2. The van der Waals surface area contributed by atoms with Gasteiger partial charge in [0.25, 0.3) is 5.91 Å². The lowest BCUT2D eigenvalue weighted by molar-refractivity contribution is -0.925. The van der Waals surface area contributed by atoms with Crippen LogP contribution in [-0.4, -0.2) is 31.6 Å². The van der Waals surface area contributed by atoms with E-state index in [0.29, 0.717) is 18.4 Å². The van der Waals surface area contributed by atoms with E-state index in [-0.39, 0.29) is 11.9 Å². The Morgan fingerprint density at radius 2 is 1.95 bits per heavy atom. The molecule has 4 nitrogen and oxygen atoms in total. The second-order valence-electron chi connectivity index (χ2n) is 6.65. The van der Waals surface area contributed by atoms with Gasteiger partial charge in [-0.2, -0.15) is 0 Å². The molecule has 0 unspecified atom stereocenters. The summed E-state index contributed by atoms with van der Waals surface area (Å²) in [6, 6.07) is 7.58. The summed E-state index contributed by atoms with van der Waals surface area (Å²) in [6.07, 6.45) is 1.27. The number of ether oxygens (including phenoxy) is 1. The first kappa shape index (κ1) is 16.8. The zero-order valence-corrected chi connectivity index (χ0v) is 14.2. The van der Waals surface area contributed by atoms with Gasteiger partial charge in [-0.05, 0) is 32.4 Å². The maximum atomic E-state index is 12.6. The van der Waals surface area contributed by atoms with E-state index in [0.717, 1.165) is 24.5 Å². The van der Waals surface area contributed by atoms with E-state index in [1.807, 2.05) is 38.1 Å². The number of carbonyl (C=O) groups is 1. The number of amides is 1. The molecule has 0 bridgehead atoms. The Balaban J connectivity index is 2.02. The number of hydrogen-bond acceptors (Lipinski definition) is 2. The van der Waals surface area contributed by atoms with Crippen molar-refractivity contribution < 1.29 is 14.4 Å². The van der Waals surface area contributed by atoms with Gasteiger partial charge < -0.3 is 15.0 Å². The van der Waals surface area contributed by atoms with Gasteiger partial charge in [-0.1, -0.05) is 26.0 Å². The molecule has 1 amide bonds. The van der Waals surface area contributed by atoms with Crippen LogP contribution in [0.2, 0.25) is 0 Å². The molecule has 1 aliphatic heterocycles. The molecule has 0 aliphatic carbocycles. The first-order valence-electron chi connectivity index (χ1n) is 8.38. The number of para-hydroxylation sites is 2. The lowest BCUT2D eigenvalue weighted by atomic mass is 9.91. The molecule has 0 radical (unpaired) electrons. The SMILES string of the molecule is CCOc1ccccc1NC(=O)[C@@H](C)[NH+]1C[C@@H](C)C[C@H](C)C1. The fourth-order valence-corrected chi connectivity index (χ4v) is 3.46. The molecule has 1 heterocycles. The highest BCUT2D eigenvalue weighted by atomic mass is 16.5. The first-order chi connectivity index (χ1) is 10.5. The Morgan fingerprint density at radius 1 is 1.32 bits per heavy atom. The van der Waals surface area contributed by atoms with E-state index in [4.69, 9.17) is 4.74 Å². The molecule has 4 heteroatoms. The van der Waals surface area contributed by atoms with Crippen LogP contribution in [0.5, 0.6) is 5.75 Å². The number of nitrogens with one attached hydrogen (secondary N) is 2. The summed E-state index contributed by atoms with van der Waals surface area (Å²) in [5.41, 5.74) is 0.763. The second-order valence-corrected chi connectivity index (χ2v) is 6.65. The fourth-order valence-electron chi connectivity index (χ4n) is 3.46.